The first-order valence-corrected chi connectivity index (χ1v) is 11.3. The summed E-state index contributed by atoms with van der Waals surface area (Å²) in [7, 11) is -1.03. The van der Waals surface area contributed by atoms with Gasteiger partial charge in [0, 0.05) is 23.7 Å². The molecule has 5 rings (SSSR count). The van der Waals surface area contributed by atoms with Gasteiger partial charge in [0.05, 0.1) is 5.92 Å². The fourth-order valence-electron chi connectivity index (χ4n) is 4.18. The van der Waals surface area contributed by atoms with Crippen molar-refractivity contribution in [3.05, 3.63) is 48.5 Å². The molecule has 148 valence electrons. The van der Waals surface area contributed by atoms with Gasteiger partial charge in [-0.3, -0.25) is 4.79 Å². The summed E-state index contributed by atoms with van der Waals surface area (Å²) < 4.78 is 14.5. The van der Waals surface area contributed by atoms with Gasteiger partial charge in [0.15, 0.2) is 0 Å². The van der Waals surface area contributed by atoms with E-state index < -0.39 is 11.0 Å². The van der Waals surface area contributed by atoms with E-state index in [1.165, 1.54) is 0 Å². The summed E-state index contributed by atoms with van der Waals surface area (Å²) >= 11 is 0. The minimum absolute atomic E-state index is 0.121. The summed E-state index contributed by atoms with van der Waals surface area (Å²) in [6.07, 6.45) is 2.29. The second-order valence-electron chi connectivity index (χ2n) is 7.62. The number of benzene rings is 2. The Balaban J connectivity index is 1.38. The zero-order chi connectivity index (χ0) is 19.5. The molecule has 3 saturated heterocycles. The van der Waals surface area contributed by atoms with Crippen LogP contribution >= 0.6 is 0 Å². The number of hydrogen-bond acceptors (Lipinski definition) is 3. The summed E-state index contributed by atoms with van der Waals surface area (Å²) in [6, 6.07) is 15.9. The Hall–Kier alpha value is -2.18. The number of hydrogen-bond donors (Lipinski definition) is 2. The molecule has 2 bridgehead atoms. The molecular weight excluding hydrogens is 370 g/mol. The molecule has 0 saturated carbocycles. The number of carbonyl (C=O) groups excluding carboxylic acids is 1. The lowest BCUT2D eigenvalue weighted by Gasteiger charge is -2.43. The van der Waals surface area contributed by atoms with Crippen molar-refractivity contribution in [2.45, 2.75) is 19.8 Å². The van der Waals surface area contributed by atoms with E-state index in [1.807, 2.05) is 55.5 Å². The van der Waals surface area contributed by atoms with Crippen molar-refractivity contribution < 1.29 is 9.00 Å². The summed E-state index contributed by atoms with van der Waals surface area (Å²) in [5.41, 5.74) is 3.87. The first kappa shape index (κ1) is 19.2. The minimum atomic E-state index is -1.03. The van der Waals surface area contributed by atoms with Crippen molar-refractivity contribution in [2.24, 2.45) is 11.8 Å². The molecule has 0 aromatic heterocycles. The highest BCUT2D eigenvalue weighted by molar-refractivity contribution is 7.86. The van der Waals surface area contributed by atoms with Gasteiger partial charge in [0.25, 0.3) is 0 Å². The minimum Gasteiger partial charge on any atom is -0.326 e. The predicted molar refractivity (Wildman–Crippen MR) is 115 cm³/mol. The summed E-state index contributed by atoms with van der Waals surface area (Å²) in [4.78, 5) is 15.1. The molecule has 0 radical (unpaired) electrons. The van der Waals surface area contributed by atoms with E-state index in [2.05, 4.69) is 14.9 Å². The van der Waals surface area contributed by atoms with Gasteiger partial charge < -0.3 is 14.9 Å². The van der Waals surface area contributed by atoms with Gasteiger partial charge in [-0.1, -0.05) is 31.2 Å². The van der Waals surface area contributed by atoms with Gasteiger partial charge in [-0.15, -0.1) is 0 Å². The van der Waals surface area contributed by atoms with Crippen LogP contribution in [0.5, 0.6) is 0 Å². The maximum atomic E-state index is 12.7. The van der Waals surface area contributed by atoms with Crippen LogP contribution in [-0.4, -0.2) is 40.4 Å². The van der Waals surface area contributed by atoms with Crippen molar-refractivity contribution in [3.63, 3.8) is 0 Å². The standard InChI is InChI=1S/C22H27N3O2S/c1-2-28(27)24-20-9-5-17(6-10-20)16-3-7-19(8-4-16)23-22(26)21-15-25-13-11-18(21)12-14-25/h3-10,18,21,24H,2,11-15H2,1H3,(H,23,26)/t21-,28?/m0/s1. The van der Waals surface area contributed by atoms with E-state index in [0.29, 0.717) is 11.7 Å². The number of nitrogens with one attached hydrogen (secondary N) is 2. The van der Waals surface area contributed by atoms with Crippen LogP contribution in [0.3, 0.4) is 0 Å². The molecule has 2 atom stereocenters. The van der Waals surface area contributed by atoms with Gasteiger partial charge in [-0.25, -0.2) is 4.21 Å². The highest BCUT2D eigenvalue weighted by Crippen LogP contribution is 2.33. The third-order valence-electron chi connectivity index (χ3n) is 5.86. The van der Waals surface area contributed by atoms with Crippen LogP contribution in [0.15, 0.2) is 48.5 Å². The van der Waals surface area contributed by atoms with Gasteiger partial charge in [-0.05, 0) is 67.2 Å². The molecule has 0 spiro atoms. The quantitative estimate of drug-likeness (QED) is 0.781. The predicted octanol–water partition coefficient (Wildman–Crippen LogP) is 3.73. The van der Waals surface area contributed by atoms with Crippen molar-refractivity contribution in [2.75, 3.05) is 35.4 Å². The van der Waals surface area contributed by atoms with Crippen LogP contribution in [0.4, 0.5) is 11.4 Å². The van der Waals surface area contributed by atoms with E-state index in [0.717, 1.165) is 55.0 Å². The molecule has 2 aromatic carbocycles. The van der Waals surface area contributed by atoms with E-state index in [1.54, 1.807) is 0 Å². The van der Waals surface area contributed by atoms with Gasteiger partial charge in [0.2, 0.25) is 5.91 Å². The molecule has 3 fully saturated rings. The van der Waals surface area contributed by atoms with E-state index in [-0.39, 0.29) is 11.8 Å². The molecule has 2 N–H and O–H groups in total. The molecule has 1 amide bonds. The summed E-state index contributed by atoms with van der Waals surface area (Å²) in [5.74, 6) is 1.39. The summed E-state index contributed by atoms with van der Waals surface area (Å²) in [5, 5.41) is 3.10. The normalized spacial score (nSPS) is 24.5. The van der Waals surface area contributed by atoms with E-state index in [4.69, 9.17) is 0 Å². The Labute approximate surface area is 169 Å². The van der Waals surface area contributed by atoms with Crippen molar-refractivity contribution in [3.8, 4) is 11.1 Å². The van der Waals surface area contributed by atoms with E-state index >= 15 is 0 Å². The molecule has 3 aliphatic rings. The van der Waals surface area contributed by atoms with Crippen molar-refractivity contribution in [1.82, 2.24) is 4.90 Å². The van der Waals surface area contributed by atoms with Gasteiger partial charge in [0.1, 0.15) is 11.0 Å². The monoisotopic (exact) mass is 397 g/mol. The fourth-order valence-corrected chi connectivity index (χ4v) is 4.72. The van der Waals surface area contributed by atoms with Crippen LogP contribution in [0, 0.1) is 11.8 Å². The highest BCUT2D eigenvalue weighted by Gasteiger charge is 2.38. The zero-order valence-corrected chi connectivity index (χ0v) is 17.0. The maximum absolute atomic E-state index is 12.7. The SMILES string of the molecule is CCS(=O)Nc1ccc(-c2ccc(NC(=O)[C@H]3CN4CCC3CC4)cc2)cc1. The van der Waals surface area contributed by atoms with Gasteiger partial charge >= 0.3 is 0 Å². The lowest BCUT2D eigenvalue weighted by molar-refractivity contribution is -0.125. The average molecular weight is 398 g/mol. The first-order chi connectivity index (χ1) is 13.6. The third-order valence-corrected chi connectivity index (χ3v) is 6.85. The Bertz CT molecular complexity index is 843. The lowest BCUT2D eigenvalue weighted by Crippen LogP contribution is -2.51. The van der Waals surface area contributed by atoms with Gasteiger partial charge in [-0.2, -0.15) is 0 Å². The fraction of sp³-hybridized carbons (Fsp3) is 0.409. The topological polar surface area (TPSA) is 61.4 Å². The molecule has 0 aliphatic carbocycles. The highest BCUT2D eigenvalue weighted by atomic mass is 32.2. The number of nitrogens with zero attached hydrogens (tertiary/aromatic N) is 1. The number of amides is 1. The Morgan fingerprint density at radius 3 is 2.07 bits per heavy atom. The first-order valence-electron chi connectivity index (χ1n) is 10.0. The van der Waals surface area contributed by atoms with Crippen LogP contribution < -0.4 is 10.0 Å². The molecule has 3 heterocycles. The number of anilines is 2. The maximum Gasteiger partial charge on any atom is 0.229 e. The smallest absolute Gasteiger partial charge is 0.229 e. The molecule has 1 unspecified atom stereocenters. The Morgan fingerprint density at radius 1 is 1.00 bits per heavy atom. The number of fused-ring (bicyclic) bond motifs is 3. The molecule has 5 nitrogen and oxygen atoms in total. The van der Waals surface area contributed by atoms with Crippen molar-refractivity contribution in [1.29, 1.82) is 0 Å². The second-order valence-corrected chi connectivity index (χ2v) is 9.10. The molecular formula is C22H27N3O2S. The van der Waals surface area contributed by atoms with Crippen LogP contribution in [-0.2, 0) is 15.8 Å². The van der Waals surface area contributed by atoms with E-state index in [9.17, 15) is 9.00 Å². The molecule has 2 aromatic rings. The summed E-state index contributed by atoms with van der Waals surface area (Å²) in [6.45, 7) is 5.07. The number of carbonyl (C=O) groups is 1. The number of piperidine rings is 3. The number of rotatable bonds is 6. The third kappa shape index (κ3) is 4.28. The van der Waals surface area contributed by atoms with Crippen LogP contribution in [0.25, 0.3) is 11.1 Å². The van der Waals surface area contributed by atoms with Crippen LogP contribution in [0.2, 0.25) is 0 Å². The average Bonchev–Trinajstić information content (AvgIpc) is 2.75. The largest absolute Gasteiger partial charge is 0.326 e. The Morgan fingerprint density at radius 2 is 1.57 bits per heavy atom. The molecule has 6 heteroatoms. The Kier molecular flexibility index (Phi) is 5.78. The van der Waals surface area contributed by atoms with Crippen LogP contribution in [0.1, 0.15) is 19.8 Å². The molecule has 28 heavy (non-hydrogen) atoms. The second kappa shape index (κ2) is 8.45. The molecule has 3 aliphatic heterocycles. The zero-order valence-electron chi connectivity index (χ0n) is 16.2. The van der Waals surface area contributed by atoms with Crippen molar-refractivity contribution >= 4 is 28.3 Å². The lowest BCUT2D eigenvalue weighted by atomic mass is 9.78.